The summed E-state index contributed by atoms with van der Waals surface area (Å²) in [5.41, 5.74) is 7.25. The van der Waals surface area contributed by atoms with Crippen molar-refractivity contribution in [3.63, 3.8) is 0 Å². The number of halogens is 1. The first-order valence-corrected chi connectivity index (χ1v) is 7.56. The third-order valence-electron chi connectivity index (χ3n) is 2.96. The number of rotatable bonds is 5. The highest BCUT2D eigenvalue weighted by Gasteiger charge is 2.21. The fourth-order valence-corrected chi connectivity index (χ4v) is 3.16. The normalized spacial score (nSPS) is 14.1. The monoisotopic (exact) mass is 295 g/mol. The van der Waals surface area contributed by atoms with Gasteiger partial charge in [-0.15, -0.1) is 11.3 Å². The van der Waals surface area contributed by atoms with E-state index in [2.05, 4.69) is 13.0 Å². The van der Waals surface area contributed by atoms with Crippen LogP contribution in [0.3, 0.4) is 0 Å². The van der Waals surface area contributed by atoms with Gasteiger partial charge in [0.15, 0.2) is 0 Å². The van der Waals surface area contributed by atoms with E-state index < -0.39 is 0 Å². The second kappa shape index (κ2) is 6.42. The van der Waals surface area contributed by atoms with E-state index in [1.807, 2.05) is 37.3 Å². The molecule has 2 nitrogen and oxygen atoms in total. The molecule has 19 heavy (non-hydrogen) atoms. The minimum absolute atomic E-state index is 0.0976. The molecule has 1 aromatic carbocycles. The molecule has 2 unspecified atom stereocenters. The molecule has 102 valence electrons. The quantitative estimate of drug-likeness (QED) is 0.885. The van der Waals surface area contributed by atoms with E-state index in [1.54, 1.807) is 0 Å². The molecule has 1 aromatic heterocycles. The summed E-state index contributed by atoms with van der Waals surface area (Å²) in [4.78, 5) is 1.06. The van der Waals surface area contributed by atoms with Crippen LogP contribution >= 0.6 is 22.9 Å². The van der Waals surface area contributed by atoms with Crippen molar-refractivity contribution in [1.29, 1.82) is 0 Å². The SMILES string of the molecule is CCc1ccccc1OC(c1ccc(Cl)s1)C(C)N. The Morgan fingerprint density at radius 1 is 1.26 bits per heavy atom. The third kappa shape index (κ3) is 3.50. The van der Waals surface area contributed by atoms with E-state index >= 15 is 0 Å². The molecular formula is C15H18ClNOS. The summed E-state index contributed by atoms with van der Waals surface area (Å²) in [6.45, 7) is 4.07. The van der Waals surface area contributed by atoms with E-state index in [0.717, 1.165) is 21.4 Å². The molecule has 0 bridgehead atoms. The molecule has 0 saturated carbocycles. The van der Waals surface area contributed by atoms with E-state index in [0.29, 0.717) is 0 Å². The van der Waals surface area contributed by atoms with Crippen molar-refractivity contribution < 1.29 is 4.74 Å². The smallest absolute Gasteiger partial charge is 0.148 e. The van der Waals surface area contributed by atoms with Gasteiger partial charge in [0.1, 0.15) is 11.9 Å². The van der Waals surface area contributed by atoms with Crippen molar-refractivity contribution in [2.45, 2.75) is 32.4 Å². The highest BCUT2D eigenvalue weighted by Crippen LogP contribution is 2.33. The third-order valence-corrected chi connectivity index (χ3v) is 4.25. The number of hydrogen-bond acceptors (Lipinski definition) is 3. The predicted octanol–water partition coefficient (Wildman–Crippen LogP) is 4.43. The van der Waals surface area contributed by atoms with Crippen LogP contribution in [0.4, 0.5) is 0 Å². The lowest BCUT2D eigenvalue weighted by molar-refractivity contribution is 0.182. The molecule has 2 aromatic rings. The summed E-state index contributed by atoms with van der Waals surface area (Å²) in [6, 6.07) is 11.8. The van der Waals surface area contributed by atoms with Crippen molar-refractivity contribution in [2.75, 3.05) is 0 Å². The Morgan fingerprint density at radius 3 is 2.58 bits per heavy atom. The van der Waals surface area contributed by atoms with Gasteiger partial charge in [-0.3, -0.25) is 0 Å². The summed E-state index contributed by atoms with van der Waals surface area (Å²) in [6.07, 6.45) is 0.776. The van der Waals surface area contributed by atoms with Crippen LogP contribution in [0.15, 0.2) is 36.4 Å². The minimum atomic E-state index is -0.162. The molecule has 0 aliphatic heterocycles. The molecule has 2 N–H and O–H groups in total. The molecule has 0 amide bonds. The number of aryl methyl sites for hydroxylation is 1. The highest BCUT2D eigenvalue weighted by molar-refractivity contribution is 7.16. The summed E-state index contributed by atoms with van der Waals surface area (Å²) >= 11 is 7.51. The van der Waals surface area contributed by atoms with Gasteiger partial charge in [0.25, 0.3) is 0 Å². The summed E-state index contributed by atoms with van der Waals surface area (Å²) < 4.78 is 6.88. The summed E-state index contributed by atoms with van der Waals surface area (Å²) in [7, 11) is 0. The van der Waals surface area contributed by atoms with Crippen molar-refractivity contribution in [3.05, 3.63) is 51.2 Å². The van der Waals surface area contributed by atoms with Crippen LogP contribution in [-0.4, -0.2) is 6.04 Å². The Labute approximate surface area is 123 Å². The average molecular weight is 296 g/mol. The predicted molar refractivity (Wildman–Crippen MR) is 82.2 cm³/mol. The van der Waals surface area contributed by atoms with Gasteiger partial charge in [0.2, 0.25) is 0 Å². The molecule has 2 rings (SSSR count). The average Bonchev–Trinajstić information content (AvgIpc) is 2.82. The zero-order valence-corrected chi connectivity index (χ0v) is 12.7. The van der Waals surface area contributed by atoms with Crippen molar-refractivity contribution in [1.82, 2.24) is 0 Å². The Morgan fingerprint density at radius 2 is 2.00 bits per heavy atom. The van der Waals surface area contributed by atoms with Gasteiger partial charge in [0, 0.05) is 10.9 Å². The first-order chi connectivity index (χ1) is 9.11. The van der Waals surface area contributed by atoms with Crippen LogP contribution in [0.25, 0.3) is 0 Å². The first-order valence-electron chi connectivity index (χ1n) is 6.37. The molecule has 2 atom stereocenters. The summed E-state index contributed by atoms with van der Waals surface area (Å²) in [5, 5.41) is 0. The van der Waals surface area contributed by atoms with E-state index in [1.165, 1.54) is 16.9 Å². The molecule has 0 saturated heterocycles. The maximum absolute atomic E-state index is 6.12. The number of para-hydroxylation sites is 1. The van der Waals surface area contributed by atoms with Crippen molar-refractivity contribution in [3.8, 4) is 5.75 Å². The molecular weight excluding hydrogens is 278 g/mol. The van der Waals surface area contributed by atoms with E-state index in [-0.39, 0.29) is 12.1 Å². The zero-order valence-electron chi connectivity index (χ0n) is 11.1. The lowest BCUT2D eigenvalue weighted by Crippen LogP contribution is -2.28. The van der Waals surface area contributed by atoms with Crippen LogP contribution in [0.1, 0.15) is 30.4 Å². The fraction of sp³-hybridized carbons (Fsp3) is 0.333. The standard InChI is InChI=1S/C15H18ClNOS/c1-3-11-6-4-5-7-12(11)18-15(10(2)17)13-8-9-14(16)19-13/h4-10,15H,3,17H2,1-2H3. The van der Waals surface area contributed by atoms with Crippen LogP contribution in [0, 0.1) is 0 Å². The Hall–Kier alpha value is -1.03. The molecule has 0 fully saturated rings. The minimum Gasteiger partial charge on any atom is -0.483 e. The fourth-order valence-electron chi connectivity index (χ4n) is 1.95. The van der Waals surface area contributed by atoms with Crippen molar-refractivity contribution in [2.24, 2.45) is 5.73 Å². The number of thiophene rings is 1. The number of nitrogens with two attached hydrogens (primary N) is 1. The molecule has 0 aliphatic rings. The highest BCUT2D eigenvalue weighted by atomic mass is 35.5. The van der Waals surface area contributed by atoms with Crippen LogP contribution in [-0.2, 0) is 6.42 Å². The van der Waals surface area contributed by atoms with Crippen LogP contribution in [0.2, 0.25) is 4.34 Å². The largest absolute Gasteiger partial charge is 0.483 e. The maximum atomic E-state index is 6.12. The number of benzene rings is 1. The Balaban J connectivity index is 2.26. The van der Waals surface area contributed by atoms with Gasteiger partial charge in [-0.25, -0.2) is 0 Å². The van der Waals surface area contributed by atoms with Crippen molar-refractivity contribution >= 4 is 22.9 Å². The molecule has 0 spiro atoms. The molecule has 4 heteroatoms. The number of ether oxygens (including phenoxy) is 1. The molecule has 0 aliphatic carbocycles. The Bertz CT molecular complexity index is 538. The van der Waals surface area contributed by atoms with Gasteiger partial charge in [-0.05, 0) is 37.1 Å². The van der Waals surface area contributed by atoms with Crippen LogP contribution in [0.5, 0.6) is 5.75 Å². The second-order valence-electron chi connectivity index (χ2n) is 4.50. The van der Waals surface area contributed by atoms with Crippen LogP contribution < -0.4 is 10.5 Å². The summed E-state index contributed by atoms with van der Waals surface area (Å²) in [5.74, 6) is 0.900. The van der Waals surface area contributed by atoms with Gasteiger partial charge < -0.3 is 10.5 Å². The van der Waals surface area contributed by atoms with E-state index in [9.17, 15) is 0 Å². The first kappa shape index (κ1) is 14.4. The lowest BCUT2D eigenvalue weighted by atomic mass is 10.1. The van der Waals surface area contributed by atoms with Gasteiger partial charge in [-0.2, -0.15) is 0 Å². The van der Waals surface area contributed by atoms with E-state index in [4.69, 9.17) is 22.1 Å². The topological polar surface area (TPSA) is 35.2 Å². The maximum Gasteiger partial charge on any atom is 0.148 e. The van der Waals surface area contributed by atoms with Gasteiger partial charge in [0.05, 0.1) is 4.34 Å². The zero-order chi connectivity index (χ0) is 13.8. The Kier molecular flexibility index (Phi) is 4.86. The number of hydrogen-bond donors (Lipinski definition) is 1. The van der Waals surface area contributed by atoms with Gasteiger partial charge in [-0.1, -0.05) is 36.7 Å². The lowest BCUT2D eigenvalue weighted by Gasteiger charge is -2.22. The van der Waals surface area contributed by atoms with Gasteiger partial charge >= 0.3 is 0 Å². The molecule has 1 heterocycles. The molecule has 0 radical (unpaired) electrons. The second-order valence-corrected chi connectivity index (χ2v) is 6.25.